The molecule has 0 aliphatic rings. The SMILES string of the molecule is Cn1c(=NC(=O)c2sc3ccccc3c2Cl)sc2cc(Cl)cc(Cl)c21. The van der Waals surface area contributed by atoms with E-state index >= 15 is 0 Å². The van der Waals surface area contributed by atoms with Gasteiger partial charge in [-0.2, -0.15) is 4.99 Å². The van der Waals surface area contributed by atoms with Crippen LogP contribution in [0.2, 0.25) is 15.1 Å². The van der Waals surface area contributed by atoms with Crippen molar-refractivity contribution in [2.75, 3.05) is 0 Å². The first kappa shape index (κ1) is 17.1. The standard InChI is InChI=1S/C17H9Cl3N2OS2/c1-22-14-10(19)6-8(18)7-12(14)25-17(22)21-16(23)15-13(20)9-4-2-3-5-11(9)24-15/h2-7H,1H3. The molecule has 0 radical (unpaired) electrons. The van der Waals surface area contributed by atoms with E-state index < -0.39 is 0 Å². The normalized spacial score (nSPS) is 12.4. The fourth-order valence-corrected chi connectivity index (χ4v) is 5.82. The van der Waals surface area contributed by atoms with Gasteiger partial charge in [0.2, 0.25) is 0 Å². The van der Waals surface area contributed by atoms with Crippen molar-refractivity contribution in [3.63, 3.8) is 0 Å². The van der Waals surface area contributed by atoms with Gasteiger partial charge in [0.05, 0.1) is 20.3 Å². The summed E-state index contributed by atoms with van der Waals surface area (Å²) in [6.07, 6.45) is 0. The molecule has 0 saturated heterocycles. The van der Waals surface area contributed by atoms with Crippen molar-refractivity contribution < 1.29 is 4.79 Å². The summed E-state index contributed by atoms with van der Waals surface area (Å²) >= 11 is 21.4. The third-order valence-electron chi connectivity index (χ3n) is 3.74. The van der Waals surface area contributed by atoms with E-state index in [0.717, 1.165) is 20.3 Å². The number of thiophene rings is 1. The number of nitrogens with zero attached hydrogens (tertiary/aromatic N) is 2. The number of carbonyl (C=O) groups excluding carboxylic acids is 1. The quantitative estimate of drug-likeness (QED) is 0.358. The molecular weight excluding hydrogens is 419 g/mol. The maximum absolute atomic E-state index is 12.7. The van der Waals surface area contributed by atoms with E-state index in [1.54, 1.807) is 10.6 Å². The van der Waals surface area contributed by atoms with Crippen LogP contribution in [0.25, 0.3) is 20.3 Å². The van der Waals surface area contributed by atoms with Gasteiger partial charge in [0.15, 0.2) is 4.80 Å². The van der Waals surface area contributed by atoms with Crippen molar-refractivity contribution in [1.82, 2.24) is 4.57 Å². The molecule has 0 fully saturated rings. The Balaban J connectivity index is 1.89. The lowest BCUT2D eigenvalue weighted by Crippen LogP contribution is -2.13. The van der Waals surface area contributed by atoms with Gasteiger partial charge in [-0.1, -0.05) is 64.3 Å². The van der Waals surface area contributed by atoms with Crippen LogP contribution in [0, 0.1) is 0 Å². The van der Waals surface area contributed by atoms with Crippen LogP contribution in [0.3, 0.4) is 0 Å². The van der Waals surface area contributed by atoms with E-state index in [9.17, 15) is 4.79 Å². The Labute approximate surface area is 165 Å². The minimum absolute atomic E-state index is 0.365. The third kappa shape index (κ3) is 2.90. The predicted octanol–water partition coefficient (Wildman–Crippen LogP) is 6.16. The fraction of sp³-hybridized carbons (Fsp3) is 0.0588. The first-order chi connectivity index (χ1) is 12.0. The number of benzene rings is 2. The van der Waals surface area contributed by atoms with Gasteiger partial charge >= 0.3 is 0 Å². The van der Waals surface area contributed by atoms with E-state index in [1.165, 1.54) is 22.7 Å². The van der Waals surface area contributed by atoms with Crippen LogP contribution in [0.15, 0.2) is 41.4 Å². The number of rotatable bonds is 1. The molecule has 25 heavy (non-hydrogen) atoms. The number of carbonyl (C=O) groups is 1. The summed E-state index contributed by atoms with van der Waals surface area (Å²) in [4.78, 5) is 17.9. The van der Waals surface area contributed by atoms with E-state index in [2.05, 4.69) is 4.99 Å². The van der Waals surface area contributed by atoms with Crippen molar-refractivity contribution in [2.45, 2.75) is 0 Å². The van der Waals surface area contributed by atoms with Crippen LogP contribution in [-0.4, -0.2) is 10.5 Å². The molecule has 0 bridgehead atoms. The Morgan fingerprint density at radius 3 is 2.60 bits per heavy atom. The summed E-state index contributed by atoms with van der Waals surface area (Å²) in [5, 5.41) is 2.38. The number of thiazole rings is 1. The molecule has 0 saturated carbocycles. The highest BCUT2D eigenvalue weighted by Crippen LogP contribution is 2.35. The minimum atomic E-state index is -0.365. The highest BCUT2D eigenvalue weighted by atomic mass is 35.5. The second-order valence-electron chi connectivity index (χ2n) is 5.34. The highest BCUT2D eigenvalue weighted by molar-refractivity contribution is 7.21. The Bertz CT molecular complexity index is 1220. The number of hydrogen-bond donors (Lipinski definition) is 0. The molecule has 4 aromatic rings. The zero-order chi connectivity index (χ0) is 17.7. The summed E-state index contributed by atoms with van der Waals surface area (Å²) in [6, 6.07) is 11.1. The summed E-state index contributed by atoms with van der Waals surface area (Å²) < 4.78 is 3.62. The summed E-state index contributed by atoms with van der Waals surface area (Å²) in [6.45, 7) is 0. The molecule has 2 aromatic heterocycles. The van der Waals surface area contributed by atoms with Crippen LogP contribution in [0.4, 0.5) is 0 Å². The molecular formula is C17H9Cl3N2OS2. The Hall–Kier alpha value is -1.37. The average Bonchev–Trinajstić information content (AvgIpc) is 3.06. The molecule has 0 aliphatic heterocycles. The number of amides is 1. The molecule has 0 N–H and O–H groups in total. The number of fused-ring (bicyclic) bond motifs is 2. The third-order valence-corrected chi connectivity index (χ3v) is 6.99. The van der Waals surface area contributed by atoms with Crippen molar-refractivity contribution in [3.05, 3.63) is 61.1 Å². The summed E-state index contributed by atoms with van der Waals surface area (Å²) in [5.74, 6) is -0.365. The van der Waals surface area contributed by atoms with E-state index in [4.69, 9.17) is 34.8 Å². The van der Waals surface area contributed by atoms with Crippen molar-refractivity contribution in [3.8, 4) is 0 Å². The Morgan fingerprint density at radius 2 is 1.84 bits per heavy atom. The van der Waals surface area contributed by atoms with Gasteiger partial charge in [-0.25, -0.2) is 0 Å². The summed E-state index contributed by atoms with van der Waals surface area (Å²) in [5.41, 5.74) is 0.796. The zero-order valence-corrected chi connectivity index (χ0v) is 16.6. The molecule has 2 aromatic carbocycles. The first-order valence-corrected chi connectivity index (χ1v) is 9.93. The van der Waals surface area contributed by atoms with Crippen LogP contribution >= 0.6 is 57.5 Å². The minimum Gasteiger partial charge on any atom is -0.318 e. The van der Waals surface area contributed by atoms with Gasteiger partial charge in [-0.15, -0.1) is 11.3 Å². The predicted molar refractivity (Wildman–Crippen MR) is 108 cm³/mol. The fourth-order valence-electron chi connectivity index (χ4n) is 2.60. The van der Waals surface area contributed by atoms with Crippen molar-refractivity contribution >= 4 is 83.7 Å². The first-order valence-electron chi connectivity index (χ1n) is 7.16. The molecule has 0 aliphatic carbocycles. The van der Waals surface area contributed by atoms with Crippen molar-refractivity contribution in [1.29, 1.82) is 0 Å². The molecule has 0 unspecified atom stereocenters. The monoisotopic (exact) mass is 426 g/mol. The van der Waals surface area contributed by atoms with Crippen LogP contribution in [0.5, 0.6) is 0 Å². The van der Waals surface area contributed by atoms with Gasteiger partial charge < -0.3 is 4.57 Å². The highest BCUT2D eigenvalue weighted by Gasteiger charge is 2.17. The van der Waals surface area contributed by atoms with E-state index in [0.29, 0.717) is 24.7 Å². The van der Waals surface area contributed by atoms with Gasteiger partial charge in [0.1, 0.15) is 4.88 Å². The van der Waals surface area contributed by atoms with E-state index in [1.807, 2.05) is 37.4 Å². The second-order valence-corrected chi connectivity index (χ2v) is 8.62. The van der Waals surface area contributed by atoms with Crippen molar-refractivity contribution in [2.24, 2.45) is 12.0 Å². The average molecular weight is 428 g/mol. The lowest BCUT2D eigenvalue weighted by atomic mass is 10.2. The largest absolute Gasteiger partial charge is 0.318 e. The summed E-state index contributed by atoms with van der Waals surface area (Å²) in [7, 11) is 1.82. The molecule has 1 amide bonds. The van der Waals surface area contributed by atoms with Crippen LogP contribution in [-0.2, 0) is 7.05 Å². The second kappa shape index (κ2) is 6.41. The Kier molecular flexibility index (Phi) is 4.38. The smallest absolute Gasteiger partial charge is 0.291 e. The van der Waals surface area contributed by atoms with Crippen LogP contribution in [0.1, 0.15) is 9.67 Å². The number of halogens is 3. The van der Waals surface area contributed by atoms with Gasteiger partial charge in [0.25, 0.3) is 5.91 Å². The van der Waals surface area contributed by atoms with Gasteiger partial charge in [0, 0.05) is 22.2 Å². The number of hydrogen-bond acceptors (Lipinski definition) is 3. The van der Waals surface area contributed by atoms with Crippen LogP contribution < -0.4 is 4.80 Å². The molecule has 126 valence electrons. The number of aryl methyl sites for hydroxylation is 1. The molecule has 3 nitrogen and oxygen atoms in total. The maximum atomic E-state index is 12.7. The topological polar surface area (TPSA) is 34.4 Å². The molecule has 4 rings (SSSR count). The van der Waals surface area contributed by atoms with Gasteiger partial charge in [-0.3, -0.25) is 4.79 Å². The lowest BCUT2D eigenvalue weighted by Gasteiger charge is -1.99. The molecule has 0 spiro atoms. The zero-order valence-electron chi connectivity index (χ0n) is 12.7. The van der Waals surface area contributed by atoms with E-state index in [-0.39, 0.29) is 5.91 Å². The molecule has 0 atom stereocenters. The lowest BCUT2D eigenvalue weighted by molar-refractivity contribution is 0.100. The molecule has 8 heteroatoms. The Morgan fingerprint density at radius 1 is 1.08 bits per heavy atom. The number of aromatic nitrogens is 1. The maximum Gasteiger partial charge on any atom is 0.291 e. The van der Waals surface area contributed by atoms with Gasteiger partial charge in [-0.05, 0) is 18.2 Å². The molecule has 2 heterocycles.